The molecule has 4 heterocycles. The topological polar surface area (TPSA) is 70.0 Å². The molecule has 0 saturated carbocycles. The van der Waals surface area contributed by atoms with Crippen molar-refractivity contribution >= 4 is 23.4 Å². The fourth-order valence-electron chi connectivity index (χ4n) is 8.99. The number of benzene rings is 4. The zero-order valence-electron chi connectivity index (χ0n) is 39.4. The number of fused-ring (bicyclic) bond motifs is 3. The van der Waals surface area contributed by atoms with Gasteiger partial charge in [0.25, 0.3) is 6.71 Å². The van der Waals surface area contributed by atoms with Crippen LogP contribution in [0.15, 0.2) is 122 Å². The van der Waals surface area contributed by atoms with Crippen molar-refractivity contribution in [2.75, 3.05) is 0 Å². The van der Waals surface area contributed by atoms with Gasteiger partial charge in [0.1, 0.15) is 23.0 Å². The van der Waals surface area contributed by atoms with E-state index in [2.05, 4.69) is 152 Å². The zero-order valence-corrected chi connectivity index (χ0v) is 39.4. The second-order valence-electron chi connectivity index (χ2n) is 19.7. The SMILES string of the molecule is CC(C)Cc1ccc(-c2ccccn2)cc1Oc1cc2c(cc1CC(C)C)-c1cc(CC(C)C)c(Oc3cc(-c4ccccn4)ccc3CC(C)C)cc1B2c1ncc(C(C)C)cn1. The molecule has 326 valence electrons. The van der Waals surface area contributed by atoms with Crippen LogP contribution in [0.4, 0.5) is 0 Å². The van der Waals surface area contributed by atoms with Gasteiger partial charge in [0, 0.05) is 35.9 Å². The van der Waals surface area contributed by atoms with E-state index < -0.39 is 0 Å². The van der Waals surface area contributed by atoms with Crippen molar-refractivity contribution in [1.82, 2.24) is 19.9 Å². The average molecular weight is 847 g/mol. The van der Waals surface area contributed by atoms with Gasteiger partial charge in [-0.3, -0.25) is 19.9 Å². The summed E-state index contributed by atoms with van der Waals surface area (Å²) in [5.74, 6) is 5.53. The smallest absolute Gasteiger partial charge is 0.291 e. The van der Waals surface area contributed by atoms with Crippen LogP contribution >= 0.6 is 0 Å². The molecule has 0 aliphatic carbocycles. The molecule has 3 aromatic heterocycles. The third-order valence-corrected chi connectivity index (χ3v) is 12.0. The van der Waals surface area contributed by atoms with Gasteiger partial charge in [0.05, 0.1) is 17.1 Å². The maximum Gasteiger partial charge on any atom is 0.291 e. The number of hydrogen-bond acceptors (Lipinski definition) is 6. The van der Waals surface area contributed by atoms with Gasteiger partial charge in [-0.1, -0.05) is 117 Å². The number of hydrogen-bond donors (Lipinski definition) is 0. The molecule has 0 radical (unpaired) electrons. The highest BCUT2D eigenvalue weighted by atomic mass is 16.5. The van der Waals surface area contributed by atoms with Crippen LogP contribution in [0.25, 0.3) is 33.6 Å². The van der Waals surface area contributed by atoms with Crippen LogP contribution in [0.3, 0.4) is 0 Å². The second-order valence-corrected chi connectivity index (χ2v) is 19.7. The second kappa shape index (κ2) is 19.3. The van der Waals surface area contributed by atoms with Gasteiger partial charge in [0.15, 0.2) is 0 Å². The largest absolute Gasteiger partial charge is 0.457 e. The number of pyridine rings is 2. The highest BCUT2D eigenvalue weighted by Crippen LogP contribution is 2.40. The van der Waals surface area contributed by atoms with E-state index in [9.17, 15) is 0 Å². The summed E-state index contributed by atoms with van der Waals surface area (Å²) in [6.45, 7) is 22.3. The van der Waals surface area contributed by atoms with E-state index in [0.717, 1.165) is 93.4 Å². The predicted molar refractivity (Wildman–Crippen MR) is 266 cm³/mol. The Hall–Kier alpha value is -6.08. The van der Waals surface area contributed by atoms with Crippen LogP contribution in [0.2, 0.25) is 0 Å². The number of aromatic nitrogens is 4. The van der Waals surface area contributed by atoms with Gasteiger partial charge in [-0.05, 0) is 155 Å². The third-order valence-electron chi connectivity index (χ3n) is 12.0. The molecule has 0 atom stereocenters. The lowest BCUT2D eigenvalue weighted by Gasteiger charge is -2.20. The molecule has 7 aromatic rings. The highest BCUT2D eigenvalue weighted by Gasteiger charge is 2.38. The summed E-state index contributed by atoms with van der Waals surface area (Å²) in [5, 5.41) is 0. The summed E-state index contributed by atoms with van der Waals surface area (Å²) < 4.78 is 14.5. The van der Waals surface area contributed by atoms with Crippen molar-refractivity contribution in [3.63, 3.8) is 0 Å². The van der Waals surface area contributed by atoms with Crippen molar-refractivity contribution in [3.05, 3.63) is 150 Å². The van der Waals surface area contributed by atoms with Gasteiger partial charge < -0.3 is 9.47 Å². The van der Waals surface area contributed by atoms with Crippen LogP contribution in [-0.4, -0.2) is 26.6 Å². The summed E-state index contributed by atoms with van der Waals surface area (Å²) >= 11 is 0. The first-order valence-corrected chi connectivity index (χ1v) is 23.4. The molecular formula is C57H63BN4O2. The number of nitrogens with zero attached hydrogens (tertiary/aromatic N) is 4. The molecule has 6 nitrogen and oxygen atoms in total. The summed E-state index contributed by atoms with van der Waals surface area (Å²) in [5.41, 5.74) is 15.2. The van der Waals surface area contributed by atoms with E-state index in [1.54, 1.807) is 0 Å². The van der Waals surface area contributed by atoms with Crippen LogP contribution < -0.4 is 26.1 Å². The van der Waals surface area contributed by atoms with Crippen molar-refractivity contribution in [3.8, 4) is 56.6 Å². The lowest BCUT2D eigenvalue weighted by molar-refractivity contribution is 0.461. The van der Waals surface area contributed by atoms with Gasteiger partial charge >= 0.3 is 0 Å². The van der Waals surface area contributed by atoms with Crippen molar-refractivity contribution in [2.24, 2.45) is 23.7 Å². The minimum Gasteiger partial charge on any atom is -0.457 e. The van der Waals surface area contributed by atoms with E-state index in [0.29, 0.717) is 29.6 Å². The van der Waals surface area contributed by atoms with Crippen molar-refractivity contribution < 1.29 is 9.47 Å². The molecule has 0 unspecified atom stereocenters. The minimum atomic E-state index is -0.234. The van der Waals surface area contributed by atoms with Gasteiger partial charge in [-0.2, -0.15) is 0 Å². The first-order chi connectivity index (χ1) is 30.8. The lowest BCUT2D eigenvalue weighted by Crippen LogP contribution is -2.52. The standard InChI is InChI=1S/C57H63BN4O2/c1-35(2)23-42-19-17-40(51-15-11-13-21-59-51)29-53(42)63-55-31-49-47(27-44(55)25-37(5)6)48-28-45(26-38(7)8)56(32-50(48)58(49)57-61-33-46(34-62-57)39(9)10)64-54-30-41(52-16-12-14-22-60-52)18-20-43(54)24-36(3)4/h11-22,27-39H,23-26H2,1-10H3. The van der Waals surface area contributed by atoms with E-state index in [1.165, 1.54) is 33.4 Å². The fraction of sp³-hybridized carbons (Fsp3) is 0.333. The Kier molecular flexibility index (Phi) is 13.5. The first-order valence-electron chi connectivity index (χ1n) is 23.4. The lowest BCUT2D eigenvalue weighted by atomic mass is 9.42. The monoisotopic (exact) mass is 847 g/mol. The third kappa shape index (κ3) is 9.99. The maximum atomic E-state index is 7.24. The van der Waals surface area contributed by atoms with Gasteiger partial charge in [0.2, 0.25) is 0 Å². The van der Waals surface area contributed by atoms with Gasteiger partial charge in [-0.15, -0.1) is 0 Å². The fourth-order valence-corrected chi connectivity index (χ4v) is 8.99. The van der Waals surface area contributed by atoms with Crippen molar-refractivity contribution in [2.45, 2.75) is 101 Å². The molecule has 0 spiro atoms. The van der Waals surface area contributed by atoms with E-state index in [4.69, 9.17) is 19.4 Å². The van der Waals surface area contributed by atoms with Crippen molar-refractivity contribution in [1.29, 1.82) is 0 Å². The Labute approximate surface area is 382 Å². The molecule has 0 N–H and O–H groups in total. The number of ether oxygens (including phenoxy) is 2. The van der Waals surface area contributed by atoms with Crippen LogP contribution in [-0.2, 0) is 25.7 Å². The summed E-state index contributed by atoms with van der Waals surface area (Å²) in [6.07, 6.45) is 11.2. The molecule has 64 heavy (non-hydrogen) atoms. The Morgan fingerprint density at radius 3 is 1.22 bits per heavy atom. The Morgan fingerprint density at radius 2 is 0.844 bits per heavy atom. The Balaban J connectivity index is 1.31. The van der Waals surface area contributed by atoms with Crippen LogP contribution in [0.1, 0.15) is 103 Å². The molecule has 0 saturated heterocycles. The average Bonchev–Trinajstić information content (AvgIpc) is 3.56. The molecule has 0 fully saturated rings. The molecule has 1 aliphatic heterocycles. The van der Waals surface area contributed by atoms with E-state index in [-0.39, 0.29) is 6.71 Å². The van der Waals surface area contributed by atoms with E-state index in [1.807, 2.05) is 49.1 Å². The molecule has 8 rings (SSSR count). The maximum absolute atomic E-state index is 7.24. The van der Waals surface area contributed by atoms with Crippen LogP contribution in [0, 0.1) is 23.7 Å². The van der Waals surface area contributed by atoms with E-state index >= 15 is 0 Å². The predicted octanol–water partition coefficient (Wildman–Crippen LogP) is 12.6. The summed E-state index contributed by atoms with van der Waals surface area (Å²) in [4.78, 5) is 19.6. The summed E-state index contributed by atoms with van der Waals surface area (Å²) in [7, 11) is 0. The molecule has 4 aromatic carbocycles. The zero-order chi connectivity index (χ0) is 45.1. The molecular weight excluding hydrogens is 783 g/mol. The molecule has 1 aliphatic rings. The summed E-state index contributed by atoms with van der Waals surface area (Å²) in [6, 6.07) is 34.6. The molecule has 7 heteroatoms. The normalized spacial score (nSPS) is 12.2. The molecule has 0 bridgehead atoms. The first kappa shape index (κ1) is 44.5. The Morgan fingerprint density at radius 1 is 0.438 bits per heavy atom. The number of rotatable bonds is 16. The minimum absolute atomic E-state index is 0.234. The highest BCUT2D eigenvalue weighted by molar-refractivity contribution is 6.98. The molecule has 0 amide bonds. The Bertz CT molecular complexity index is 2550. The van der Waals surface area contributed by atoms with Crippen LogP contribution in [0.5, 0.6) is 23.0 Å². The van der Waals surface area contributed by atoms with Gasteiger partial charge in [-0.25, -0.2) is 0 Å². The quantitative estimate of drug-likeness (QED) is 0.0902.